The number of thioether (sulfide) groups is 2. The van der Waals surface area contributed by atoms with Gasteiger partial charge in [0.05, 0.1) is 7.11 Å². The van der Waals surface area contributed by atoms with E-state index in [1.807, 2.05) is 42.5 Å². The number of para-hydroxylation sites is 1. The molecular formula is C42H37N5O9S2. The lowest BCUT2D eigenvalue weighted by Crippen LogP contribution is -2.71. The van der Waals surface area contributed by atoms with E-state index in [4.69, 9.17) is 13.9 Å². The molecule has 0 saturated carbocycles. The van der Waals surface area contributed by atoms with E-state index in [9.17, 15) is 28.8 Å². The molecule has 0 bridgehead atoms. The standard InChI is InChI=1S/C42H37N5O9S2/c1-3-45-19-20-46(39(51)38(45)50)42(53)44-33(25-9-5-4-6-10-25)36(48)43-34-37(49)47-35(41(52)55-22-24-13-15-26(54-2)16-14-24)32(23-57-40(34)47)58-27-17-18-29-28-11-7-8-12-30(28)56-31(29)21-27/h4-18,21,33-34,40H,3,19-20,22-23H2,1-2H3,(H,43,48)(H,44,53)/t33?,34-,40+/m1/s1. The van der Waals surface area contributed by atoms with Gasteiger partial charge in [0.15, 0.2) is 0 Å². The van der Waals surface area contributed by atoms with Crippen LogP contribution in [0, 0.1) is 0 Å². The number of nitrogens with one attached hydrogen (secondary N) is 2. The average molecular weight is 820 g/mol. The highest BCUT2D eigenvalue weighted by Crippen LogP contribution is 2.46. The third-order valence-electron chi connectivity index (χ3n) is 10.1. The van der Waals surface area contributed by atoms with E-state index in [1.165, 1.54) is 33.3 Å². The van der Waals surface area contributed by atoms with E-state index in [1.54, 1.807) is 68.6 Å². The SMILES string of the molecule is CCN1CCN(C(=O)NC(C(=O)N[C@@H]2C(=O)N3C(C(=O)OCc4ccc(OC)cc4)=C(Sc4ccc5c(c4)oc4ccccc45)CS[C@@H]23)c2ccccc2)C(=O)C1=O. The Kier molecular flexibility index (Phi) is 10.9. The van der Waals surface area contributed by atoms with Crippen LogP contribution < -0.4 is 15.4 Å². The molecule has 4 heterocycles. The normalized spacial score (nSPS) is 18.5. The fraction of sp³-hybridized carbons (Fsp3) is 0.238. The van der Waals surface area contributed by atoms with Gasteiger partial charge in [-0.05, 0) is 54.4 Å². The predicted octanol–water partition coefficient (Wildman–Crippen LogP) is 5.18. The van der Waals surface area contributed by atoms with Crippen LogP contribution in [0.2, 0.25) is 0 Å². The van der Waals surface area contributed by atoms with Gasteiger partial charge in [0.1, 0.15) is 46.7 Å². The summed E-state index contributed by atoms with van der Waals surface area (Å²) in [5.74, 6) is -2.79. The molecule has 2 N–H and O–H groups in total. The molecule has 2 fully saturated rings. The first kappa shape index (κ1) is 38.6. The molecule has 5 aromatic rings. The number of hydrogen-bond donors (Lipinski definition) is 2. The highest BCUT2D eigenvalue weighted by molar-refractivity contribution is 8.06. The van der Waals surface area contributed by atoms with Gasteiger partial charge in [-0.3, -0.25) is 29.0 Å². The molecule has 14 nitrogen and oxygen atoms in total. The summed E-state index contributed by atoms with van der Waals surface area (Å²) < 4.78 is 17.1. The van der Waals surface area contributed by atoms with Gasteiger partial charge in [0.2, 0.25) is 5.91 Å². The highest BCUT2D eigenvalue weighted by atomic mass is 32.2. The molecule has 3 aliphatic rings. The third-order valence-corrected chi connectivity index (χ3v) is 12.7. The number of carbonyl (C=O) groups excluding carboxylic acids is 6. The summed E-state index contributed by atoms with van der Waals surface area (Å²) in [7, 11) is 1.56. The number of β-lactam (4-membered cyclic amide) rings is 1. The number of imide groups is 1. The lowest BCUT2D eigenvalue weighted by atomic mass is 10.0. The van der Waals surface area contributed by atoms with Crippen LogP contribution in [-0.4, -0.2) is 94.2 Å². The number of rotatable bonds is 11. The van der Waals surface area contributed by atoms with Crippen molar-refractivity contribution in [3.63, 3.8) is 0 Å². The van der Waals surface area contributed by atoms with Crippen molar-refractivity contribution in [2.75, 3.05) is 32.5 Å². The number of ether oxygens (including phenoxy) is 2. The predicted molar refractivity (Wildman–Crippen MR) is 216 cm³/mol. The van der Waals surface area contributed by atoms with Gasteiger partial charge >= 0.3 is 23.8 Å². The number of piperazine rings is 1. The molecule has 4 aromatic carbocycles. The number of amides is 6. The van der Waals surface area contributed by atoms with Crippen LogP contribution in [0.4, 0.5) is 4.79 Å². The number of benzene rings is 4. The van der Waals surface area contributed by atoms with E-state index < -0.39 is 53.1 Å². The van der Waals surface area contributed by atoms with E-state index >= 15 is 0 Å². The number of furan rings is 1. The lowest BCUT2D eigenvalue weighted by Gasteiger charge is -2.49. The molecular weight excluding hydrogens is 783 g/mol. The van der Waals surface area contributed by atoms with Crippen LogP contribution in [0.3, 0.4) is 0 Å². The maximum atomic E-state index is 14.1. The van der Waals surface area contributed by atoms with Crippen molar-refractivity contribution in [2.45, 2.75) is 35.9 Å². The number of urea groups is 1. The summed E-state index contributed by atoms with van der Waals surface area (Å²) in [4.78, 5) is 85.7. The molecule has 3 atom stereocenters. The van der Waals surface area contributed by atoms with Crippen LogP contribution in [0.5, 0.6) is 5.75 Å². The Hall–Kier alpha value is -6.26. The molecule has 16 heteroatoms. The summed E-state index contributed by atoms with van der Waals surface area (Å²) >= 11 is 2.70. The van der Waals surface area contributed by atoms with Crippen LogP contribution >= 0.6 is 23.5 Å². The molecule has 2 saturated heterocycles. The molecule has 6 amide bonds. The molecule has 296 valence electrons. The molecule has 1 aromatic heterocycles. The third kappa shape index (κ3) is 7.36. The first-order chi connectivity index (χ1) is 28.1. The molecule has 1 unspecified atom stereocenters. The van der Waals surface area contributed by atoms with Crippen LogP contribution in [0.25, 0.3) is 21.9 Å². The van der Waals surface area contributed by atoms with Gasteiger partial charge in [-0.1, -0.05) is 72.4 Å². The molecule has 3 aliphatic heterocycles. The summed E-state index contributed by atoms with van der Waals surface area (Å²) in [6.45, 7) is 2.11. The number of carbonyl (C=O) groups is 6. The Morgan fingerprint density at radius 3 is 2.40 bits per heavy atom. The number of fused-ring (bicyclic) bond motifs is 4. The van der Waals surface area contributed by atoms with Crippen molar-refractivity contribution < 1.29 is 42.7 Å². The fourth-order valence-corrected chi connectivity index (χ4v) is 9.56. The van der Waals surface area contributed by atoms with Gasteiger partial charge in [-0.15, -0.1) is 11.8 Å². The monoisotopic (exact) mass is 819 g/mol. The van der Waals surface area contributed by atoms with Crippen LogP contribution in [-0.2, 0) is 35.3 Å². The minimum Gasteiger partial charge on any atom is -0.497 e. The van der Waals surface area contributed by atoms with Gasteiger partial charge in [-0.2, -0.15) is 0 Å². The Bertz CT molecular complexity index is 2490. The molecule has 0 radical (unpaired) electrons. The Labute approximate surface area is 340 Å². The maximum Gasteiger partial charge on any atom is 0.356 e. The Balaban J connectivity index is 1.04. The number of methoxy groups -OCH3 is 1. The second kappa shape index (κ2) is 16.3. The first-order valence-corrected chi connectivity index (χ1v) is 20.3. The van der Waals surface area contributed by atoms with E-state index in [2.05, 4.69) is 10.6 Å². The second-order valence-electron chi connectivity index (χ2n) is 13.6. The molecule has 0 spiro atoms. The smallest absolute Gasteiger partial charge is 0.356 e. The van der Waals surface area contributed by atoms with Crippen molar-refractivity contribution in [1.82, 2.24) is 25.3 Å². The van der Waals surface area contributed by atoms with Gasteiger partial charge < -0.3 is 29.4 Å². The zero-order valence-electron chi connectivity index (χ0n) is 31.3. The van der Waals surface area contributed by atoms with Crippen molar-refractivity contribution in [2.24, 2.45) is 0 Å². The Morgan fingerprint density at radius 1 is 0.897 bits per heavy atom. The van der Waals surface area contributed by atoms with Crippen LogP contribution in [0.15, 0.2) is 117 Å². The van der Waals surface area contributed by atoms with Crippen molar-refractivity contribution in [1.29, 1.82) is 0 Å². The Morgan fingerprint density at radius 2 is 1.64 bits per heavy atom. The zero-order valence-corrected chi connectivity index (χ0v) is 33.0. The maximum absolute atomic E-state index is 14.1. The minimum atomic E-state index is -1.32. The number of nitrogens with zero attached hydrogens (tertiary/aromatic N) is 3. The number of hydrogen-bond acceptors (Lipinski definition) is 11. The molecule has 58 heavy (non-hydrogen) atoms. The second-order valence-corrected chi connectivity index (χ2v) is 15.9. The van der Waals surface area contributed by atoms with Gasteiger partial charge in [0, 0.05) is 46.0 Å². The number of esters is 1. The first-order valence-electron chi connectivity index (χ1n) is 18.5. The lowest BCUT2D eigenvalue weighted by molar-refractivity contribution is -0.153. The minimum absolute atomic E-state index is 0.0433. The van der Waals surface area contributed by atoms with Crippen LogP contribution in [0.1, 0.15) is 24.1 Å². The highest BCUT2D eigenvalue weighted by Gasteiger charge is 2.55. The van der Waals surface area contributed by atoms with Crippen molar-refractivity contribution in [3.05, 3.63) is 119 Å². The van der Waals surface area contributed by atoms with E-state index in [-0.39, 0.29) is 25.4 Å². The quantitative estimate of drug-likeness (QED) is 0.102. The number of likely N-dealkylation sites (N-methyl/N-ethyl adjacent to an activating group) is 1. The zero-order chi connectivity index (χ0) is 40.5. The largest absolute Gasteiger partial charge is 0.497 e. The summed E-state index contributed by atoms with van der Waals surface area (Å²) in [6.07, 6.45) is 0. The van der Waals surface area contributed by atoms with Gasteiger partial charge in [0.25, 0.3) is 5.91 Å². The fourth-order valence-electron chi connectivity index (χ4n) is 7.06. The topological polar surface area (TPSA) is 168 Å². The average Bonchev–Trinajstić information content (AvgIpc) is 3.62. The summed E-state index contributed by atoms with van der Waals surface area (Å²) in [6, 6.07) is 25.7. The van der Waals surface area contributed by atoms with E-state index in [0.717, 1.165) is 26.2 Å². The van der Waals surface area contributed by atoms with E-state index in [0.29, 0.717) is 39.7 Å². The summed E-state index contributed by atoms with van der Waals surface area (Å²) in [5.41, 5.74) is 2.61. The van der Waals surface area contributed by atoms with Gasteiger partial charge in [-0.25, -0.2) is 9.59 Å². The van der Waals surface area contributed by atoms with Crippen molar-refractivity contribution in [3.8, 4) is 5.75 Å². The molecule has 8 rings (SSSR count). The van der Waals surface area contributed by atoms with Crippen molar-refractivity contribution >= 4 is 81.1 Å². The summed E-state index contributed by atoms with van der Waals surface area (Å²) in [5, 5.41) is 6.65. The molecule has 0 aliphatic carbocycles.